The summed E-state index contributed by atoms with van der Waals surface area (Å²) in [4.78, 5) is 4.49. The zero-order chi connectivity index (χ0) is 13.1. The summed E-state index contributed by atoms with van der Waals surface area (Å²) in [6, 6.07) is 4.25. The summed E-state index contributed by atoms with van der Waals surface area (Å²) in [6.07, 6.45) is 5.64. The maximum absolute atomic E-state index is 5.76. The maximum Gasteiger partial charge on any atom is 0.0660 e. The predicted molar refractivity (Wildman–Crippen MR) is 77.7 cm³/mol. The van der Waals surface area contributed by atoms with E-state index in [-0.39, 0.29) is 6.04 Å². The van der Waals surface area contributed by atoms with Crippen LogP contribution >= 0.6 is 15.9 Å². The van der Waals surface area contributed by atoms with E-state index in [0.29, 0.717) is 5.92 Å². The number of hydrogen-bond acceptors (Lipinski definition) is 3. The van der Waals surface area contributed by atoms with Gasteiger partial charge in [-0.05, 0) is 65.1 Å². The van der Waals surface area contributed by atoms with Crippen molar-refractivity contribution in [3.05, 3.63) is 28.5 Å². The van der Waals surface area contributed by atoms with Crippen LogP contribution in [0.4, 0.5) is 0 Å². The van der Waals surface area contributed by atoms with E-state index in [1.54, 1.807) is 0 Å². The van der Waals surface area contributed by atoms with Crippen LogP contribution in [0.1, 0.15) is 44.8 Å². The van der Waals surface area contributed by atoms with E-state index in [2.05, 4.69) is 46.3 Å². The molecule has 0 bridgehead atoms. The van der Waals surface area contributed by atoms with Gasteiger partial charge >= 0.3 is 0 Å². The summed E-state index contributed by atoms with van der Waals surface area (Å²) in [7, 11) is 0. The molecule has 1 aromatic rings. The SMILES string of the molecule is CC1CC(C)CC(C(NN)c2ccc(Br)cn2)C1. The molecule has 1 saturated carbocycles. The van der Waals surface area contributed by atoms with Gasteiger partial charge in [-0.15, -0.1) is 0 Å². The molecule has 0 aliphatic heterocycles. The number of hydrazine groups is 1. The molecule has 3 atom stereocenters. The van der Waals surface area contributed by atoms with Gasteiger partial charge in [0.25, 0.3) is 0 Å². The Labute approximate surface area is 118 Å². The molecule has 3 N–H and O–H groups in total. The van der Waals surface area contributed by atoms with Crippen LogP contribution in [0.3, 0.4) is 0 Å². The van der Waals surface area contributed by atoms with E-state index in [1.165, 1.54) is 19.3 Å². The largest absolute Gasteiger partial charge is 0.271 e. The molecule has 1 aromatic heterocycles. The number of aromatic nitrogens is 1. The van der Waals surface area contributed by atoms with Crippen molar-refractivity contribution in [2.75, 3.05) is 0 Å². The van der Waals surface area contributed by atoms with E-state index in [9.17, 15) is 0 Å². The molecule has 3 nitrogen and oxygen atoms in total. The van der Waals surface area contributed by atoms with E-state index in [1.807, 2.05) is 12.3 Å². The van der Waals surface area contributed by atoms with Gasteiger partial charge in [-0.1, -0.05) is 13.8 Å². The highest BCUT2D eigenvalue weighted by molar-refractivity contribution is 9.10. The number of nitrogens with one attached hydrogen (secondary N) is 1. The monoisotopic (exact) mass is 311 g/mol. The Kier molecular flexibility index (Phi) is 4.76. The molecule has 0 amide bonds. The second-order valence-electron chi connectivity index (χ2n) is 5.72. The van der Waals surface area contributed by atoms with Crippen LogP contribution in [-0.2, 0) is 0 Å². The Morgan fingerprint density at radius 3 is 2.44 bits per heavy atom. The maximum atomic E-state index is 5.76. The van der Waals surface area contributed by atoms with Crippen LogP contribution in [0, 0.1) is 17.8 Å². The Bertz CT molecular complexity index is 369. The second-order valence-corrected chi connectivity index (χ2v) is 6.64. The average molecular weight is 312 g/mol. The minimum atomic E-state index is 0.170. The first-order valence-electron chi connectivity index (χ1n) is 6.67. The third-order valence-electron chi connectivity index (χ3n) is 3.93. The first-order chi connectivity index (χ1) is 8.60. The minimum absolute atomic E-state index is 0.170. The lowest BCUT2D eigenvalue weighted by Crippen LogP contribution is -2.37. The molecule has 1 aliphatic carbocycles. The quantitative estimate of drug-likeness (QED) is 0.664. The fraction of sp³-hybridized carbons (Fsp3) is 0.643. The Balaban J connectivity index is 2.14. The molecule has 0 saturated heterocycles. The molecular formula is C14H22BrN3. The highest BCUT2D eigenvalue weighted by Gasteiger charge is 2.30. The first-order valence-corrected chi connectivity index (χ1v) is 7.47. The summed E-state index contributed by atoms with van der Waals surface area (Å²) in [5, 5.41) is 0. The van der Waals surface area contributed by atoms with Crippen LogP contribution < -0.4 is 11.3 Å². The zero-order valence-electron chi connectivity index (χ0n) is 11.1. The molecule has 4 heteroatoms. The van der Waals surface area contributed by atoms with Gasteiger partial charge in [0.1, 0.15) is 0 Å². The number of halogens is 1. The van der Waals surface area contributed by atoms with Crippen molar-refractivity contribution in [1.29, 1.82) is 0 Å². The van der Waals surface area contributed by atoms with Crippen LogP contribution in [0.15, 0.2) is 22.8 Å². The van der Waals surface area contributed by atoms with Crippen molar-refractivity contribution >= 4 is 15.9 Å². The normalized spacial score (nSPS) is 30.1. The highest BCUT2D eigenvalue weighted by atomic mass is 79.9. The molecular weight excluding hydrogens is 290 g/mol. The number of nitrogens with two attached hydrogens (primary N) is 1. The lowest BCUT2D eigenvalue weighted by molar-refractivity contribution is 0.175. The zero-order valence-corrected chi connectivity index (χ0v) is 12.7. The van der Waals surface area contributed by atoms with Gasteiger partial charge in [0.15, 0.2) is 0 Å². The number of hydrogen-bond donors (Lipinski definition) is 2. The lowest BCUT2D eigenvalue weighted by Gasteiger charge is -2.36. The van der Waals surface area contributed by atoms with Gasteiger partial charge in [-0.25, -0.2) is 0 Å². The fourth-order valence-corrected chi connectivity index (χ4v) is 3.55. The standard InChI is InChI=1S/C14H22BrN3/c1-9-5-10(2)7-11(6-9)14(18-16)13-4-3-12(15)8-17-13/h3-4,8-11,14,18H,5-7,16H2,1-2H3. The van der Waals surface area contributed by atoms with Crippen molar-refractivity contribution in [3.8, 4) is 0 Å². The van der Waals surface area contributed by atoms with E-state index in [4.69, 9.17) is 5.84 Å². The predicted octanol–water partition coefficient (Wildman–Crippen LogP) is 3.42. The van der Waals surface area contributed by atoms with Gasteiger partial charge in [-0.3, -0.25) is 16.3 Å². The summed E-state index contributed by atoms with van der Waals surface area (Å²) >= 11 is 3.42. The van der Waals surface area contributed by atoms with Gasteiger partial charge in [-0.2, -0.15) is 0 Å². The number of rotatable bonds is 3. The number of nitrogens with zero attached hydrogens (tertiary/aromatic N) is 1. The molecule has 1 aliphatic rings. The molecule has 3 unspecified atom stereocenters. The summed E-state index contributed by atoms with van der Waals surface area (Å²) < 4.78 is 1.01. The molecule has 0 aromatic carbocycles. The topological polar surface area (TPSA) is 50.9 Å². The lowest BCUT2D eigenvalue weighted by atomic mass is 9.73. The van der Waals surface area contributed by atoms with E-state index >= 15 is 0 Å². The molecule has 100 valence electrons. The second kappa shape index (κ2) is 6.13. The summed E-state index contributed by atoms with van der Waals surface area (Å²) in [6.45, 7) is 4.68. The fourth-order valence-electron chi connectivity index (χ4n) is 3.32. The molecule has 0 spiro atoms. The summed E-state index contributed by atoms with van der Waals surface area (Å²) in [5.41, 5.74) is 4.02. The molecule has 1 heterocycles. The van der Waals surface area contributed by atoms with Crippen molar-refractivity contribution in [2.45, 2.75) is 39.2 Å². The third kappa shape index (κ3) is 3.31. The molecule has 1 fully saturated rings. The highest BCUT2D eigenvalue weighted by Crippen LogP contribution is 2.39. The van der Waals surface area contributed by atoms with E-state index in [0.717, 1.165) is 22.0 Å². The van der Waals surface area contributed by atoms with Crippen molar-refractivity contribution in [1.82, 2.24) is 10.4 Å². The smallest absolute Gasteiger partial charge is 0.0660 e. The van der Waals surface area contributed by atoms with Crippen molar-refractivity contribution in [3.63, 3.8) is 0 Å². The van der Waals surface area contributed by atoms with Crippen molar-refractivity contribution < 1.29 is 0 Å². The Morgan fingerprint density at radius 1 is 1.28 bits per heavy atom. The number of pyridine rings is 1. The third-order valence-corrected chi connectivity index (χ3v) is 4.40. The van der Waals surface area contributed by atoms with Gasteiger partial charge < -0.3 is 0 Å². The Morgan fingerprint density at radius 2 is 1.94 bits per heavy atom. The molecule has 0 radical (unpaired) electrons. The van der Waals surface area contributed by atoms with Crippen LogP contribution in [0.25, 0.3) is 0 Å². The van der Waals surface area contributed by atoms with Gasteiger partial charge in [0, 0.05) is 10.7 Å². The van der Waals surface area contributed by atoms with Gasteiger partial charge in [0.2, 0.25) is 0 Å². The van der Waals surface area contributed by atoms with Crippen LogP contribution in [0.5, 0.6) is 0 Å². The Hall–Kier alpha value is -0.450. The average Bonchev–Trinajstić information content (AvgIpc) is 2.31. The first kappa shape index (κ1) is 14.0. The van der Waals surface area contributed by atoms with Crippen LogP contribution in [0.2, 0.25) is 0 Å². The summed E-state index contributed by atoms with van der Waals surface area (Å²) in [5.74, 6) is 7.91. The van der Waals surface area contributed by atoms with Gasteiger partial charge in [0.05, 0.1) is 11.7 Å². The van der Waals surface area contributed by atoms with E-state index < -0.39 is 0 Å². The molecule has 2 rings (SSSR count). The van der Waals surface area contributed by atoms with Crippen LogP contribution in [-0.4, -0.2) is 4.98 Å². The van der Waals surface area contributed by atoms with Crippen molar-refractivity contribution in [2.24, 2.45) is 23.6 Å². The molecule has 18 heavy (non-hydrogen) atoms. The minimum Gasteiger partial charge on any atom is -0.271 e.